The summed E-state index contributed by atoms with van der Waals surface area (Å²) >= 11 is 8.84. The van der Waals surface area contributed by atoms with Crippen molar-refractivity contribution in [2.45, 2.75) is 50.1 Å². The molecular formula is C21H24N2S3. The summed E-state index contributed by atoms with van der Waals surface area (Å²) in [4.78, 5) is 0. The highest BCUT2D eigenvalue weighted by molar-refractivity contribution is 8.00. The van der Waals surface area contributed by atoms with Crippen molar-refractivity contribution in [1.82, 2.24) is 9.78 Å². The Morgan fingerprint density at radius 3 is 2.27 bits per heavy atom. The SMILES string of the molecule is Cc1cc(C(C)(C)C)cc(C)c1CSc1nn(-c2ccccc2)c(=S)s1. The van der Waals surface area contributed by atoms with Crippen LogP contribution in [0.4, 0.5) is 0 Å². The van der Waals surface area contributed by atoms with E-state index < -0.39 is 0 Å². The Hall–Kier alpha value is -1.43. The Bertz CT molecular complexity index is 940. The van der Waals surface area contributed by atoms with Gasteiger partial charge in [-0.25, -0.2) is 4.68 Å². The van der Waals surface area contributed by atoms with E-state index in [1.54, 1.807) is 23.1 Å². The molecule has 1 heterocycles. The van der Waals surface area contributed by atoms with Crippen molar-refractivity contribution in [3.05, 3.63) is 68.7 Å². The molecule has 0 fully saturated rings. The molecule has 3 aromatic rings. The summed E-state index contributed by atoms with van der Waals surface area (Å²) in [5.74, 6) is 0.916. The Balaban J connectivity index is 1.81. The first-order chi connectivity index (χ1) is 12.3. The number of para-hydroxylation sites is 1. The van der Waals surface area contributed by atoms with Crippen LogP contribution in [0.3, 0.4) is 0 Å². The van der Waals surface area contributed by atoms with E-state index in [9.17, 15) is 0 Å². The number of hydrogen-bond donors (Lipinski definition) is 0. The highest BCUT2D eigenvalue weighted by Gasteiger charge is 2.17. The number of thioether (sulfide) groups is 1. The van der Waals surface area contributed by atoms with Gasteiger partial charge in [0.2, 0.25) is 0 Å². The number of nitrogens with zero attached hydrogens (tertiary/aromatic N) is 2. The molecule has 2 aromatic carbocycles. The highest BCUT2D eigenvalue weighted by Crippen LogP contribution is 2.32. The van der Waals surface area contributed by atoms with Crippen molar-refractivity contribution in [2.24, 2.45) is 0 Å². The summed E-state index contributed by atoms with van der Waals surface area (Å²) < 4.78 is 3.65. The highest BCUT2D eigenvalue weighted by atomic mass is 32.2. The third-order valence-electron chi connectivity index (χ3n) is 4.43. The Morgan fingerprint density at radius 2 is 1.69 bits per heavy atom. The minimum atomic E-state index is 0.176. The fourth-order valence-corrected chi connectivity index (χ4v) is 5.40. The maximum absolute atomic E-state index is 5.50. The fourth-order valence-electron chi connectivity index (χ4n) is 2.84. The normalized spacial score (nSPS) is 11.7. The molecule has 5 heteroatoms. The minimum Gasteiger partial charge on any atom is -0.211 e. The first-order valence-corrected chi connectivity index (χ1v) is 10.9. The van der Waals surface area contributed by atoms with E-state index in [0.717, 1.165) is 19.7 Å². The smallest absolute Gasteiger partial charge is 0.184 e. The number of benzene rings is 2. The van der Waals surface area contributed by atoms with Crippen LogP contribution >= 0.6 is 35.3 Å². The second-order valence-corrected chi connectivity index (χ2v) is 10.4. The molecule has 2 nitrogen and oxygen atoms in total. The lowest BCUT2D eigenvalue weighted by molar-refractivity contribution is 0.589. The summed E-state index contributed by atoms with van der Waals surface area (Å²) in [6.45, 7) is 11.2. The molecule has 0 saturated heterocycles. The van der Waals surface area contributed by atoms with Gasteiger partial charge in [-0.3, -0.25) is 0 Å². The number of hydrogen-bond acceptors (Lipinski definition) is 4. The molecule has 0 spiro atoms. The third-order valence-corrected chi connectivity index (χ3v) is 6.82. The van der Waals surface area contributed by atoms with E-state index in [1.165, 1.54) is 22.3 Å². The molecule has 0 saturated carbocycles. The zero-order chi connectivity index (χ0) is 18.9. The van der Waals surface area contributed by atoms with Crippen LogP contribution in [0.1, 0.15) is 43.0 Å². The van der Waals surface area contributed by atoms with Gasteiger partial charge in [-0.15, -0.1) is 5.10 Å². The van der Waals surface area contributed by atoms with E-state index in [-0.39, 0.29) is 5.41 Å². The maximum Gasteiger partial charge on any atom is 0.184 e. The molecule has 0 radical (unpaired) electrons. The van der Waals surface area contributed by atoms with Gasteiger partial charge in [0, 0.05) is 5.75 Å². The van der Waals surface area contributed by atoms with Crippen LogP contribution < -0.4 is 0 Å². The summed E-state index contributed by atoms with van der Waals surface area (Å²) in [5.41, 5.74) is 6.69. The molecule has 3 rings (SSSR count). The molecule has 0 unspecified atom stereocenters. The van der Waals surface area contributed by atoms with E-state index in [1.807, 2.05) is 35.0 Å². The second kappa shape index (κ2) is 7.67. The zero-order valence-electron chi connectivity index (χ0n) is 15.9. The van der Waals surface area contributed by atoms with Crippen molar-refractivity contribution in [2.75, 3.05) is 0 Å². The van der Waals surface area contributed by atoms with E-state index >= 15 is 0 Å². The first kappa shape index (κ1) is 19.3. The summed E-state index contributed by atoms with van der Waals surface area (Å²) in [6, 6.07) is 14.7. The van der Waals surface area contributed by atoms with Crippen LogP contribution in [0.25, 0.3) is 5.69 Å². The number of aromatic nitrogens is 2. The Kier molecular flexibility index (Phi) is 5.70. The minimum absolute atomic E-state index is 0.176. The number of aryl methyl sites for hydroxylation is 2. The monoisotopic (exact) mass is 400 g/mol. The molecule has 0 aliphatic heterocycles. The van der Waals surface area contributed by atoms with E-state index in [0.29, 0.717) is 0 Å². The van der Waals surface area contributed by atoms with Crippen molar-refractivity contribution < 1.29 is 0 Å². The summed E-state index contributed by atoms with van der Waals surface area (Å²) in [5, 5.41) is 4.71. The first-order valence-electron chi connectivity index (χ1n) is 8.64. The molecule has 1 aromatic heterocycles. The average molecular weight is 401 g/mol. The molecule has 0 amide bonds. The van der Waals surface area contributed by atoms with Crippen LogP contribution in [-0.2, 0) is 11.2 Å². The van der Waals surface area contributed by atoms with E-state index in [4.69, 9.17) is 17.3 Å². The molecule has 0 aliphatic carbocycles. The van der Waals surface area contributed by atoms with Gasteiger partial charge in [0.25, 0.3) is 0 Å². The maximum atomic E-state index is 5.50. The van der Waals surface area contributed by atoms with Crippen molar-refractivity contribution in [1.29, 1.82) is 0 Å². The Morgan fingerprint density at radius 1 is 1.08 bits per heavy atom. The van der Waals surface area contributed by atoms with Crippen LogP contribution in [0.2, 0.25) is 0 Å². The molecule has 0 aliphatic rings. The van der Waals surface area contributed by atoms with Crippen LogP contribution in [0.15, 0.2) is 46.8 Å². The van der Waals surface area contributed by atoms with Gasteiger partial charge in [0.05, 0.1) is 5.69 Å². The van der Waals surface area contributed by atoms with Crippen molar-refractivity contribution in [3.8, 4) is 5.69 Å². The summed E-state index contributed by atoms with van der Waals surface area (Å²) in [6.07, 6.45) is 0. The topological polar surface area (TPSA) is 17.8 Å². The van der Waals surface area contributed by atoms with Crippen molar-refractivity contribution >= 4 is 35.3 Å². The molecular weight excluding hydrogens is 376 g/mol. The summed E-state index contributed by atoms with van der Waals surface area (Å²) in [7, 11) is 0. The lowest BCUT2D eigenvalue weighted by atomic mass is 9.84. The Labute approximate surface area is 169 Å². The average Bonchev–Trinajstić information content (AvgIpc) is 2.94. The predicted octanol–water partition coefficient (Wildman–Crippen LogP) is 6.87. The zero-order valence-corrected chi connectivity index (χ0v) is 18.3. The molecule has 26 heavy (non-hydrogen) atoms. The molecule has 0 atom stereocenters. The van der Waals surface area contributed by atoms with E-state index in [2.05, 4.69) is 46.8 Å². The van der Waals surface area contributed by atoms with Gasteiger partial charge >= 0.3 is 0 Å². The van der Waals surface area contributed by atoms with Crippen LogP contribution in [-0.4, -0.2) is 9.78 Å². The van der Waals surface area contributed by atoms with Gasteiger partial charge in [-0.05, 0) is 65.9 Å². The fraction of sp³-hybridized carbons (Fsp3) is 0.333. The van der Waals surface area contributed by atoms with Crippen LogP contribution in [0, 0.1) is 17.8 Å². The molecule has 0 N–H and O–H groups in total. The third kappa shape index (κ3) is 4.27. The van der Waals surface area contributed by atoms with Gasteiger partial charge in [0.1, 0.15) is 0 Å². The van der Waals surface area contributed by atoms with Gasteiger partial charge in [-0.2, -0.15) is 0 Å². The molecule has 0 bridgehead atoms. The quantitative estimate of drug-likeness (QED) is 0.351. The largest absolute Gasteiger partial charge is 0.211 e. The van der Waals surface area contributed by atoms with Crippen molar-refractivity contribution in [3.63, 3.8) is 0 Å². The number of rotatable bonds is 4. The second-order valence-electron chi connectivity index (χ2n) is 7.51. The molecule has 136 valence electrons. The van der Waals surface area contributed by atoms with Gasteiger partial charge < -0.3 is 0 Å². The lowest BCUT2D eigenvalue weighted by Crippen LogP contribution is -2.12. The predicted molar refractivity (Wildman–Crippen MR) is 116 cm³/mol. The lowest BCUT2D eigenvalue weighted by Gasteiger charge is -2.22. The van der Waals surface area contributed by atoms with Gasteiger partial charge in [0.15, 0.2) is 8.29 Å². The standard InChI is InChI=1S/C21H24N2S3/c1-14-11-16(21(3,4)5)12-15(2)18(14)13-25-19-22-23(20(24)26-19)17-9-7-6-8-10-17/h6-12H,13H2,1-5H3. The van der Waals surface area contributed by atoms with Crippen LogP contribution in [0.5, 0.6) is 0 Å². The van der Waals surface area contributed by atoms with Gasteiger partial charge in [-0.1, -0.05) is 74.2 Å².